The van der Waals surface area contributed by atoms with Crippen LogP contribution in [0.5, 0.6) is 0 Å². The maximum atomic E-state index is 12.2. The predicted molar refractivity (Wildman–Crippen MR) is 129 cm³/mol. The number of pyridine rings is 1. The van der Waals surface area contributed by atoms with Gasteiger partial charge in [0.15, 0.2) is 0 Å². The predicted octanol–water partition coefficient (Wildman–Crippen LogP) is 4.48. The van der Waals surface area contributed by atoms with Crippen LogP contribution in [-0.2, 0) is 0 Å². The number of nitrogens with two attached hydrogens (primary N) is 1. The zero-order chi connectivity index (χ0) is 22.7. The molecule has 1 saturated carbocycles. The number of nitriles is 1. The summed E-state index contributed by atoms with van der Waals surface area (Å²) in [5, 5.41) is 13.7. The van der Waals surface area contributed by atoms with E-state index in [1.807, 2.05) is 32.3 Å². The van der Waals surface area contributed by atoms with Gasteiger partial charge in [-0.3, -0.25) is 4.90 Å². The molecular weight excluding hydrogens is 400 g/mol. The number of hydrogen-bond acceptors (Lipinski definition) is 5. The molecule has 0 radical (unpaired) electrons. The first kappa shape index (κ1) is 21.4. The van der Waals surface area contributed by atoms with Gasteiger partial charge in [-0.05, 0) is 56.0 Å². The van der Waals surface area contributed by atoms with Gasteiger partial charge in [-0.2, -0.15) is 5.26 Å². The summed E-state index contributed by atoms with van der Waals surface area (Å²) in [7, 11) is 4.08. The van der Waals surface area contributed by atoms with E-state index in [9.17, 15) is 4.79 Å². The van der Waals surface area contributed by atoms with E-state index < -0.39 is 6.03 Å². The zero-order valence-electron chi connectivity index (χ0n) is 18.5. The van der Waals surface area contributed by atoms with E-state index in [1.165, 1.54) is 0 Å². The first-order valence-electron chi connectivity index (χ1n) is 10.9. The Morgan fingerprint density at radius 2 is 1.78 bits per heavy atom. The van der Waals surface area contributed by atoms with Crippen LogP contribution in [0.4, 0.5) is 22.0 Å². The normalized spacial score (nSPS) is 18.0. The van der Waals surface area contributed by atoms with Crippen LogP contribution < -0.4 is 20.9 Å². The summed E-state index contributed by atoms with van der Waals surface area (Å²) in [5.74, 6) is 0.870. The number of fused-ring (bicyclic) bond motifs is 1. The number of amides is 2. The van der Waals surface area contributed by atoms with Gasteiger partial charge in [0.05, 0.1) is 17.1 Å². The van der Waals surface area contributed by atoms with E-state index >= 15 is 0 Å². The quantitative estimate of drug-likeness (QED) is 0.624. The highest BCUT2D eigenvalue weighted by Gasteiger charge is 2.29. The largest absolute Gasteiger partial charge is 0.377 e. The first-order valence-corrected chi connectivity index (χ1v) is 10.9. The van der Waals surface area contributed by atoms with Crippen LogP contribution in [0.1, 0.15) is 31.2 Å². The van der Waals surface area contributed by atoms with E-state index in [4.69, 9.17) is 16.0 Å². The van der Waals surface area contributed by atoms with Crippen molar-refractivity contribution >= 4 is 34.1 Å². The number of nitrogens with zero attached hydrogens (tertiary/aromatic N) is 4. The second kappa shape index (κ2) is 9.15. The number of para-hydroxylation sites is 1. The van der Waals surface area contributed by atoms with Crippen molar-refractivity contribution in [1.29, 1.82) is 5.26 Å². The number of nitrogens with one attached hydrogen (secondary N) is 1. The summed E-state index contributed by atoms with van der Waals surface area (Å²) in [4.78, 5) is 20.8. The zero-order valence-corrected chi connectivity index (χ0v) is 18.5. The molecule has 7 nitrogen and oxygen atoms in total. The molecule has 164 valence electrons. The molecule has 7 heteroatoms. The molecule has 0 aliphatic heterocycles. The molecule has 3 aromatic rings. The SMILES string of the molecule is CN(C)c1cc(NC2CCC(N(C(N)=O)c3ccc(C#N)cc3)CC2)nc2ccccc12. The molecule has 1 aromatic heterocycles. The van der Waals surface area contributed by atoms with Crippen LogP contribution in [0.25, 0.3) is 10.9 Å². The standard InChI is InChI=1S/C25H28N6O/c1-30(2)23-15-24(29-22-6-4-3-5-21(22)23)28-18-9-13-20(14-10-18)31(25(27)32)19-11-7-17(16-26)8-12-19/h3-8,11-12,15,18,20H,9-10,13-14H2,1-2H3,(H2,27,32)(H,28,29). The van der Waals surface area contributed by atoms with Crippen LogP contribution in [0, 0.1) is 11.3 Å². The minimum absolute atomic E-state index is 0.0420. The van der Waals surface area contributed by atoms with Crippen LogP contribution in [0.2, 0.25) is 0 Å². The fourth-order valence-electron chi connectivity index (χ4n) is 4.50. The van der Waals surface area contributed by atoms with Crippen molar-refractivity contribution < 1.29 is 4.79 Å². The third kappa shape index (κ3) is 4.45. The molecule has 3 N–H and O–H groups in total. The fraction of sp³-hybridized carbons (Fsp3) is 0.320. The number of hydrogen-bond donors (Lipinski definition) is 2. The van der Waals surface area contributed by atoms with Crippen LogP contribution in [0.15, 0.2) is 54.6 Å². The number of carbonyl (C=O) groups is 1. The van der Waals surface area contributed by atoms with Crippen molar-refractivity contribution in [1.82, 2.24) is 4.98 Å². The van der Waals surface area contributed by atoms with Gasteiger partial charge in [-0.15, -0.1) is 0 Å². The molecule has 1 aliphatic carbocycles. The Morgan fingerprint density at radius 1 is 1.09 bits per heavy atom. The Bertz CT molecular complexity index is 1140. The second-order valence-electron chi connectivity index (χ2n) is 8.45. The van der Waals surface area contributed by atoms with Crippen LogP contribution >= 0.6 is 0 Å². The number of rotatable bonds is 5. The van der Waals surface area contributed by atoms with Crippen molar-refractivity contribution in [3.63, 3.8) is 0 Å². The van der Waals surface area contributed by atoms with E-state index in [1.54, 1.807) is 29.2 Å². The van der Waals surface area contributed by atoms with Gasteiger partial charge in [-0.1, -0.05) is 18.2 Å². The van der Waals surface area contributed by atoms with Crippen LogP contribution in [0.3, 0.4) is 0 Å². The summed E-state index contributed by atoms with van der Waals surface area (Å²) in [6.07, 6.45) is 3.51. The van der Waals surface area contributed by atoms with Crippen molar-refractivity contribution in [2.45, 2.75) is 37.8 Å². The Labute approximate surface area is 188 Å². The highest BCUT2D eigenvalue weighted by atomic mass is 16.2. The van der Waals surface area contributed by atoms with Gasteiger partial charge in [0.25, 0.3) is 0 Å². The number of benzene rings is 2. The fourth-order valence-corrected chi connectivity index (χ4v) is 4.50. The van der Waals surface area contributed by atoms with Crippen molar-refractivity contribution in [2.75, 3.05) is 29.2 Å². The Balaban J connectivity index is 1.46. The maximum absolute atomic E-state index is 12.2. The summed E-state index contributed by atoms with van der Waals surface area (Å²) in [6.45, 7) is 0. The molecule has 1 heterocycles. The average Bonchev–Trinajstić information content (AvgIpc) is 2.80. The Kier molecular flexibility index (Phi) is 6.13. The summed E-state index contributed by atoms with van der Waals surface area (Å²) in [6, 6.07) is 19.2. The number of primary amides is 1. The summed E-state index contributed by atoms with van der Waals surface area (Å²) < 4.78 is 0. The first-order chi connectivity index (χ1) is 15.5. The summed E-state index contributed by atoms with van der Waals surface area (Å²) in [5.41, 5.74) is 9.11. The van der Waals surface area contributed by atoms with Gasteiger partial charge >= 0.3 is 6.03 Å². The Morgan fingerprint density at radius 3 is 2.41 bits per heavy atom. The second-order valence-corrected chi connectivity index (χ2v) is 8.45. The highest BCUT2D eigenvalue weighted by Crippen LogP contribution is 2.31. The van der Waals surface area contributed by atoms with E-state index in [2.05, 4.69) is 28.4 Å². The van der Waals surface area contributed by atoms with Gasteiger partial charge in [-0.25, -0.2) is 9.78 Å². The van der Waals surface area contributed by atoms with Crippen molar-refractivity contribution in [3.05, 3.63) is 60.2 Å². The molecule has 1 aliphatic rings. The maximum Gasteiger partial charge on any atom is 0.319 e. The van der Waals surface area contributed by atoms with Gasteiger partial charge in [0.1, 0.15) is 5.82 Å². The lowest BCUT2D eigenvalue weighted by Gasteiger charge is -2.36. The van der Waals surface area contributed by atoms with E-state index in [-0.39, 0.29) is 12.1 Å². The lowest BCUT2D eigenvalue weighted by molar-refractivity contribution is 0.248. The molecule has 0 saturated heterocycles. The molecule has 0 atom stereocenters. The molecular formula is C25H28N6O. The van der Waals surface area contributed by atoms with Crippen LogP contribution in [-0.4, -0.2) is 37.2 Å². The van der Waals surface area contributed by atoms with Gasteiger partial charge in [0, 0.05) is 49.0 Å². The molecule has 0 bridgehead atoms. The highest BCUT2D eigenvalue weighted by molar-refractivity contribution is 5.93. The third-order valence-electron chi connectivity index (χ3n) is 6.10. The molecule has 2 amide bonds. The molecule has 0 unspecified atom stereocenters. The minimum Gasteiger partial charge on any atom is -0.377 e. The molecule has 32 heavy (non-hydrogen) atoms. The van der Waals surface area contributed by atoms with Gasteiger partial charge < -0.3 is 16.0 Å². The lowest BCUT2D eigenvalue weighted by Crippen LogP contribution is -2.46. The smallest absolute Gasteiger partial charge is 0.319 e. The Hall–Kier alpha value is -3.79. The molecule has 4 rings (SSSR count). The number of carbonyl (C=O) groups excluding carboxylic acids is 1. The molecule has 2 aromatic carbocycles. The molecule has 1 fully saturated rings. The lowest BCUT2D eigenvalue weighted by atomic mass is 9.90. The number of aromatic nitrogens is 1. The van der Waals surface area contributed by atoms with E-state index in [0.29, 0.717) is 5.56 Å². The topological polar surface area (TPSA) is 98.3 Å². The summed E-state index contributed by atoms with van der Waals surface area (Å²) >= 11 is 0. The van der Waals surface area contributed by atoms with Crippen molar-refractivity contribution in [3.8, 4) is 6.07 Å². The monoisotopic (exact) mass is 428 g/mol. The minimum atomic E-state index is -0.460. The number of anilines is 3. The third-order valence-corrected chi connectivity index (χ3v) is 6.10. The average molecular weight is 429 g/mol. The number of urea groups is 1. The van der Waals surface area contributed by atoms with E-state index in [0.717, 1.165) is 53.8 Å². The molecule has 0 spiro atoms. The van der Waals surface area contributed by atoms with Crippen molar-refractivity contribution in [2.24, 2.45) is 5.73 Å². The van der Waals surface area contributed by atoms with Gasteiger partial charge in [0.2, 0.25) is 0 Å².